The molecule has 5 N–H and O–H groups in total. The number of nitrogens with zero attached hydrogens (tertiary/aromatic N) is 2. The van der Waals surface area contributed by atoms with E-state index in [1.54, 1.807) is 14.1 Å². The number of likely N-dealkylation sites (N-methyl/N-ethyl adjacent to an activating group) is 1. The second kappa shape index (κ2) is 10.7. The van der Waals surface area contributed by atoms with E-state index in [0.29, 0.717) is 30.1 Å². The molecular formula is C29H40N4O7. The summed E-state index contributed by atoms with van der Waals surface area (Å²) >= 11 is 0. The van der Waals surface area contributed by atoms with Crippen LogP contribution in [-0.4, -0.2) is 90.5 Å². The number of carbonyl (C=O) groups excluding carboxylic acids is 5. The number of nitrogens with one attached hydrogen (secondary N) is 1. The Morgan fingerprint density at radius 2 is 1.82 bits per heavy atom. The summed E-state index contributed by atoms with van der Waals surface area (Å²) in [6, 6.07) is 0.711. The molecule has 2 fully saturated rings. The van der Waals surface area contributed by atoms with Crippen molar-refractivity contribution in [3.63, 3.8) is 0 Å². The van der Waals surface area contributed by atoms with Gasteiger partial charge in [0.25, 0.3) is 0 Å². The number of aromatic hydroxyl groups is 1. The summed E-state index contributed by atoms with van der Waals surface area (Å²) in [6.45, 7) is 5.20. The van der Waals surface area contributed by atoms with Crippen molar-refractivity contribution in [3.05, 3.63) is 22.8 Å². The van der Waals surface area contributed by atoms with Gasteiger partial charge >= 0.3 is 0 Å². The van der Waals surface area contributed by atoms with E-state index in [2.05, 4.69) is 19.2 Å². The van der Waals surface area contributed by atoms with Crippen LogP contribution in [0.1, 0.15) is 48.2 Å². The van der Waals surface area contributed by atoms with Crippen molar-refractivity contribution in [2.24, 2.45) is 35.3 Å². The lowest BCUT2D eigenvalue weighted by molar-refractivity contribution is -0.181. The molecular weight excluding hydrogens is 516 g/mol. The molecule has 218 valence electrons. The number of amides is 1. The topological polar surface area (TPSA) is 170 Å². The second-order valence-electron chi connectivity index (χ2n) is 12.1. The van der Waals surface area contributed by atoms with Crippen LogP contribution < -0.4 is 16.0 Å². The van der Waals surface area contributed by atoms with Crippen LogP contribution >= 0.6 is 0 Å². The Balaban J connectivity index is 1.82. The number of anilines is 1. The van der Waals surface area contributed by atoms with E-state index in [4.69, 9.17) is 5.73 Å². The molecule has 11 nitrogen and oxygen atoms in total. The Morgan fingerprint density at radius 3 is 2.38 bits per heavy atom. The molecule has 0 radical (unpaired) electrons. The molecule has 11 heteroatoms. The lowest BCUT2D eigenvalue weighted by Crippen LogP contribution is -2.74. The van der Waals surface area contributed by atoms with E-state index >= 15 is 0 Å². The highest BCUT2D eigenvalue weighted by Gasteiger charge is 2.69. The van der Waals surface area contributed by atoms with Gasteiger partial charge in [0.1, 0.15) is 5.75 Å². The van der Waals surface area contributed by atoms with Crippen molar-refractivity contribution >= 4 is 34.7 Å². The normalized spacial score (nSPS) is 30.6. The summed E-state index contributed by atoms with van der Waals surface area (Å²) in [5.74, 6) is -9.95. The number of nitrogens with two attached hydrogens (primary N) is 1. The fourth-order valence-electron chi connectivity index (χ4n) is 6.84. The minimum Gasteiger partial charge on any atom is -0.507 e. The number of fused-ring (bicyclic) bond motifs is 3. The third kappa shape index (κ3) is 4.44. The van der Waals surface area contributed by atoms with Gasteiger partial charge in [-0.1, -0.05) is 20.3 Å². The maximum atomic E-state index is 14.0. The Hall–Kier alpha value is -3.15. The SMILES string of the molecule is CCC(C)CNCc1cc(N(C)C)c2c(c1O)C(=O)C1C(=O)[C@@]3(O)C(=O)C(C(N)=O)C(=O)[C@H](N(C)C)[C@H]3C[C@H]1C2. The standard InChI is InChI=1S/C29H40N4O7/c1-7-13(2)11-31-12-15-10-18(32(3)4)16-8-14-9-17-22(33(5)6)25(36)21(28(30)39)27(38)29(17,40)26(37)19(14)24(35)20(16)23(15)34/h10,13-14,17,19,21-22,31,34,40H,7-9,11-12H2,1-6H3,(H2,30,39)/t13?,14-,17-,19?,21?,22-,29-/m1/s1. The minimum atomic E-state index is -2.73. The van der Waals surface area contributed by atoms with Gasteiger partial charge in [-0.25, -0.2) is 0 Å². The fraction of sp³-hybridized carbons (Fsp3) is 0.621. The third-order valence-electron chi connectivity index (χ3n) is 9.10. The number of Topliss-reactive ketones (excluding diaryl/α,β-unsaturated/α-hetero) is 4. The number of benzene rings is 1. The summed E-state index contributed by atoms with van der Waals surface area (Å²) in [4.78, 5) is 70.1. The molecule has 3 aliphatic rings. The van der Waals surface area contributed by atoms with Crippen LogP contribution in [0.5, 0.6) is 5.75 Å². The number of aliphatic hydroxyl groups is 1. The maximum absolute atomic E-state index is 14.0. The minimum absolute atomic E-state index is 0.0122. The van der Waals surface area contributed by atoms with Gasteiger partial charge < -0.3 is 26.2 Å². The molecule has 7 atom stereocenters. The monoisotopic (exact) mass is 556 g/mol. The van der Waals surface area contributed by atoms with Crippen LogP contribution in [0.4, 0.5) is 5.69 Å². The lowest BCUT2D eigenvalue weighted by atomic mass is 9.52. The molecule has 1 amide bonds. The summed E-state index contributed by atoms with van der Waals surface area (Å²) in [5.41, 5.74) is 4.47. The molecule has 1 aromatic rings. The van der Waals surface area contributed by atoms with Gasteiger partial charge in [0.15, 0.2) is 34.7 Å². The largest absolute Gasteiger partial charge is 0.507 e. The summed E-state index contributed by atoms with van der Waals surface area (Å²) in [5, 5.41) is 26.3. The highest BCUT2D eigenvalue weighted by molar-refractivity contribution is 6.32. The van der Waals surface area contributed by atoms with Crippen LogP contribution in [-0.2, 0) is 32.1 Å². The Labute approximate surface area is 234 Å². The van der Waals surface area contributed by atoms with E-state index in [1.807, 2.05) is 25.1 Å². The molecule has 0 bridgehead atoms. The van der Waals surface area contributed by atoms with E-state index in [1.165, 1.54) is 4.90 Å². The molecule has 0 spiro atoms. The van der Waals surface area contributed by atoms with E-state index < -0.39 is 64.4 Å². The quantitative estimate of drug-likeness (QED) is 0.321. The molecule has 0 saturated heterocycles. The van der Waals surface area contributed by atoms with Gasteiger partial charge in [-0.2, -0.15) is 0 Å². The predicted molar refractivity (Wildman–Crippen MR) is 147 cm³/mol. The van der Waals surface area contributed by atoms with Crippen molar-refractivity contribution in [2.75, 3.05) is 39.6 Å². The fourth-order valence-corrected chi connectivity index (χ4v) is 6.84. The number of phenolic OH excluding ortho intramolecular Hbond substituents is 1. The summed E-state index contributed by atoms with van der Waals surface area (Å²) < 4.78 is 0. The zero-order chi connectivity index (χ0) is 29.8. The van der Waals surface area contributed by atoms with Gasteiger partial charge in [-0.05, 0) is 56.9 Å². The van der Waals surface area contributed by atoms with Crippen LogP contribution in [0.25, 0.3) is 0 Å². The molecule has 0 aliphatic heterocycles. The number of primary amides is 1. The maximum Gasteiger partial charge on any atom is 0.235 e. The number of hydrogen-bond acceptors (Lipinski definition) is 10. The van der Waals surface area contributed by atoms with E-state index in [0.717, 1.165) is 12.1 Å². The second-order valence-corrected chi connectivity index (χ2v) is 12.1. The molecule has 2 saturated carbocycles. The first-order valence-electron chi connectivity index (χ1n) is 13.8. The molecule has 0 heterocycles. The first kappa shape index (κ1) is 29.8. The van der Waals surface area contributed by atoms with E-state index in [-0.39, 0.29) is 24.2 Å². The van der Waals surface area contributed by atoms with Crippen molar-refractivity contribution < 1.29 is 34.2 Å². The summed E-state index contributed by atoms with van der Waals surface area (Å²) in [7, 11) is 6.78. The Morgan fingerprint density at radius 1 is 1.18 bits per heavy atom. The van der Waals surface area contributed by atoms with Gasteiger partial charge in [0.05, 0.1) is 17.5 Å². The van der Waals surface area contributed by atoms with Gasteiger partial charge in [0, 0.05) is 37.8 Å². The van der Waals surface area contributed by atoms with Gasteiger partial charge in [0.2, 0.25) is 5.91 Å². The number of ketones is 4. The first-order valence-corrected chi connectivity index (χ1v) is 13.8. The molecule has 0 aromatic heterocycles. The Bertz CT molecular complexity index is 1280. The zero-order valence-electron chi connectivity index (χ0n) is 24.0. The van der Waals surface area contributed by atoms with Gasteiger partial charge in [-0.15, -0.1) is 0 Å². The average Bonchev–Trinajstić information content (AvgIpc) is 2.86. The third-order valence-corrected chi connectivity index (χ3v) is 9.10. The predicted octanol–water partition coefficient (Wildman–Crippen LogP) is 0.0687. The number of carbonyl (C=O) groups is 5. The summed E-state index contributed by atoms with van der Waals surface area (Å²) in [6.07, 6.45) is 1.23. The molecule has 40 heavy (non-hydrogen) atoms. The highest BCUT2D eigenvalue weighted by atomic mass is 16.3. The molecule has 4 rings (SSSR count). The molecule has 1 aromatic carbocycles. The number of hydrogen-bond donors (Lipinski definition) is 4. The smallest absolute Gasteiger partial charge is 0.235 e. The van der Waals surface area contributed by atoms with Crippen LogP contribution in [0.15, 0.2) is 6.07 Å². The lowest BCUT2D eigenvalue weighted by Gasteiger charge is -2.52. The van der Waals surface area contributed by atoms with Crippen LogP contribution in [0.2, 0.25) is 0 Å². The number of rotatable bonds is 8. The van der Waals surface area contributed by atoms with Crippen molar-refractivity contribution in [1.82, 2.24) is 10.2 Å². The van der Waals surface area contributed by atoms with Crippen molar-refractivity contribution in [3.8, 4) is 5.75 Å². The van der Waals surface area contributed by atoms with Gasteiger partial charge in [-0.3, -0.25) is 28.9 Å². The van der Waals surface area contributed by atoms with Crippen molar-refractivity contribution in [2.45, 2.75) is 51.3 Å². The first-order chi connectivity index (χ1) is 18.7. The van der Waals surface area contributed by atoms with Crippen LogP contribution in [0, 0.1) is 29.6 Å². The number of phenols is 1. The Kier molecular flexibility index (Phi) is 7.96. The van der Waals surface area contributed by atoms with Crippen molar-refractivity contribution in [1.29, 1.82) is 0 Å². The highest BCUT2D eigenvalue weighted by Crippen LogP contribution is 2.52. The molecule has 3 unspecified atom stereocenters. The average molecular weight is 557 g/mol. The van der Waals surface area contributed by atoms with Crippen LogP contribution in [0.3, 0.4) is 0 Å². The molecule has 3 aliphatic carbocycles. The van der Waals surface area contributed by atoms with E-state index in [9.17, 15) is 34.2 Å². The zero-order valence-corrected chi connectivity index (χ0v) is 24.0.